The highest BCUT2D eigenvalue weighted by atomic mass is 16.4. The van der Waals surface area contributed by atoms with E-state index in [4.69, 9.17) is 17.2 Å². The van der Waals surface area contributed by atoms with Crippen molar-refractivity contribution >= 4 is 35.5 Å². The van der Waals surface area contributed by atoms with Crippen molar-refractivity contribution in [3.63, 3.8) is 0 Å². The second-order valence-corrected chi connectivity index (χ2v) is 8.19. The number of aliphatic hydroxyl groups excluding tert-OH is 1. The van der Waals surface area contributed by atoms with E-state index in [-0.39, 0.29) is 37.9 Å². The molecule has 15 heteroatoms. The Kier molecular flexibility index (Phi) is 12.5. The minimum Gasteiger partial charge on any atom is -0.508 e. The smallest absolute Gasteiger partial charge is 0.326 e. The molecule has 204 valence electrons. The quantitative estimate of drug-likeness (QED) is 0.102. The normalized spacial score (nSPS) is 13.9. The summed E-state index contributed by atoms with van der Waals surface area (Å²) in [4.78, 5) is 71.4. The van der Waals surface area contributed by atoms with Crippen molar-refractivity contribution in [1.29, 1.82) is 0 Å². The molecule has 0 saturated heterocycles. The van der Waals surface area contributed by atoms with E-state index in [0.29, 0.717) is 5.56 Å². The standard InChI is InChI=1S/C22H32N6O9/c23-13(9-11-1-3-12(30)4-2-11)19(33)28-16(10-29)21(35)26-14(5-7-17(24)31)20(34)27-15(22(36)37)6-8-18(25)32/h1-4,13-16,29-30H,5-10,23H2,(H2,24,31)(H2,25,32)(H,26,35)(H,27,34)(H,28,33)(H,36,37). The first kappa shape index (κ1) is 30.8. The lowest BCUT2D eigenvalue weighted by Crippen LogP contribution is -2.58. The van der Waals surface area contributed by atoms with Gasteiger partial charge in [0.25, 0.3) is 0 Å². The number of rotatable bonds is 16. The van der Waals surface area contributed by atoms with E-state index in [1.807, 2.05) is 0 Å². The van der Waals surface area contributed by atoms with Gasteiger partial charge in [0.05, 0.1) is 12.6 Å². The number of hydrogen-bond donors (Lipinski definition) is 9. The summed E-state index contributed by atoms with van der Waals surface area (Å²) in [6, 6.07) is 0.275. The number of hydrogen-bond acceptors (Lipinski definition) is 9. The number of aliphatic hydroxyl groups is 1. The third-order valence-corrected chi connectivity index (χ3v) is 5.15. The maximum Gasteiger partial charge on any atom is 0.326 e. The van der Waals surface area contributed by atoms with Gasteiger partial charge < -0.3 is 48.5 Å². The van der Waals surface area contributed by atoms with Gasteiger partial charge in [-0.3, -0.25) is 24.0 Å². The number of carbonyl (C=O) groups is 6. The van der Waals surface area contributed by atoms with Crippen molar-refractivity contribution in [2.75, 3.05) is 6.61 Å². The molecule has 0 aliphatic carbocycles. The van der Waals surface area contributed by atoms with Crippen molar-refractivity contribution in [2.24, 2.45) is 17.2 Å². The van der Waals surface area contributed by atoms with Crippen LogP contribution in [0.15, 0.2) is 24.3 Å². The first-order valence-corrected chi connectivity index (χ1v) is 11.2. The molecule has 1 aromatic carbocycles. The number of nitrogens with two attached hydrogens (primary N) is 3. The van der Waals surface area contributed by atoms with Gasteiger partial charge in [-0.2, -0.15) is 0 Å². The van der Waals surface area contributed by atoms with E-state index in [0.717, 1.165) is 0 Å². The molecule has 37 heavy (non-hydrogen) atoms. The largest absolute Gasteiger partial charge is 0.508 e. The maximum absolute atomic E-state index is 12.7. The van der Waals surface area contributed by atoms with E-state index >= 15 is 0 Å². The molecule has 0 aliphatic heterocycles. The van der Waals surface area contributed by atoms with Gasteiger partial charge in [-0.05, 0) is 37.0 Å². The topological polar surface area (TPSA) is 277 Å². The van der Waals surface area contributed by atoms with Gasteiger partial charge in [-0.15, -0.1) is 0 Å². The Morgan fingerprint density at radius 1 is 0.757 bits per heavy atom. The molecule has 0 bridgehead atoms. The zero-order valence-corrected chi connectivity index (χ0v) is 19.9. The van der Waals surface area contributed by atoms with Gasteiger partial charge >= 0.3 is 5.97 Å². The number of primary amides is 2. The first-order chi connectivity index (χ1) is 17.3. The van der Waals surface area contributed by atoms with Crippen molar-refractivity contribution in [3.8, 4) is 5.75 Å². The Bertz CT molecular complexity index is 985. The molecule has 15 nitrogen and oxygen atoms in total. The molecule has 0 radical (unpaired) electrons. The van der Waals surface area contributed by atoms with Crippen LogP contribution in [-0.4, -0.2) is 81.6 Å². The Hall–Kier alpha value is -4.24. The number of phenolic OH excluding ortho intramolecular Hbond substituents is 1. The molecule has 0 aliphatic rings. The highest BCUT2D eigenvalue weighted by molar-refractivity contribution is 5.94. The van der Waals surface area contributed by atoms with Gasteiger partial charge in [0.2, 0.25) is 29.5 Å². The Labute approximate surface area is 211 Å². The fourth-order valence-electron chi connectivity index (χ4n) is 3.10. The summed E-state index contributed by atoms with van der Waals surface area (Å²) >= 11 is 0. The highest BCUT2D eigenvalue weighted by Gasteiger charge is 2.30. The van der Waals surface area contributed by atoms with Gasteiger partial charge in [-0.1, -0.05) is 12.1 Å². The summed E-state index contributed by atoms with van der Waals surface area (Å²) < 4.78 is 0. The van der Waals surface area contributed by atoms with Crippen molar-refractivity contribution in [2.45, 2.75) is 56.3 Å². The molecule has 0 spiro atoms. The van der Waals surface area contributed by atoms with Gasteiger partial charge in [0.15, 0.2) is 0 Å². The number of carboxylic acids is 1. The zero-order chi connectivity index (χ0) is 28.1. The van der Waals surface area contributed by atoms with Crippen molar-refractivity contribution < 1.29 is 44.1 Å². The number of carboxylic acid groups (broad SMARTS) is 1. The zero-order valence-electron chi connectivity index (χ0n) is 19.9. The fraction of sp³-hybridized carbons (Fsp3) is 0.455. The van der Waals surface area contributed by atoms with Crippen LogP contribution < -0.4 is 33.2 Å². The molecule has 0 fully saturated rings. The molecule has 0 heterocycles. The molecule has 1 rings (SSSR count). The third-order valence-electron chi connectivity index (χ3n) is 5.15. The van der Waals surface area contributed by atoms with E-state index in [9.17, 15) is 44.1 Å². The van der Waals surface area contributed by atoms with Crippen LogP contribution in [0.2, 0.25) is 0 Å². The summed E-state index contributed by atoms with van der Waals surface area (Å²) in [5, 5.41) is 34.9. The number of amides is 5. The van der Waals surface area contributed by atoms with Crippen LogP contribution in [0.1, 0.15) is 31.2 Å². The van der Waals surface area contributed by atoms with Crippen LogP contribution in [0, 0.1) is 0 Å². The van der Waals surface area contributed by atoms with Crippen LogP contribution in [-0.2, 0) is 35.2 Å². The SMILES string of the molecule is NC(=O)CCC(NC(=O)C(CCC(N)=O)NC(=O)C(CO)NC(=O)C(N)Cc1ccc(O)cc1)C(=O)O. The molecule has 0 aromatic heterocycles. The number of aromatic hydroxyl groups is 1. The summed E-state index contributed by atoms with van der Waals surface area (Å²) in [5.41, 5.74) is 16.6. The van der Waals surface area contributed by atoms with Crippen LogP contribution in [0.5, 0.6) is 5.75 Å². The minimum absolute atomic E-state index is 0.0243. The van der Waals surface area contributed by atoms with Gasteiger partial charge in [0, 0.05) is 12.8 Å². The molecular weight excluding hydrogens is 492 g/mol. The van der Waals surface area contributed by atoms with Gasteiger partial charge in [-0.25, -0.2) is 4.79 Å². The van der Waals surface area contributed by atoms with E-state index in [1.165, 1.54) is 12.1 Å². The number of carbonyl (C=O) groups excluding carboxylic acids is 5. The number of benzene rings is 1. The second kappa shape index (κ2) is 15.0. The van der Waals surface area contributed by atoms with E-state index < -0.39 is 66.3 Å². The van der Waals surface area contributed by atoms with Crippen LogP contribution in [0.25, 0.3) is 0 Å². The van der Waals surface area contributed by atoms with Crippen LogP contribution in [0.4, 0.5) is 0 Å². The molecule has 1 aromatic rings. The van der Waals surface area contributed by atoms with Crippen LogP contribution >= 0.6 is 0 Å². The second-order valence-electron chi connectivity index (χ2n) is 8.19. The lowest BCUT2D eigenvalue weighted by molar-refractivity contribution is -0.142. The Morgan fingerprint density at radius 2 is 1.22 bits per heavy atom. The molecule has 12 N–H and O–H groups in total. The summed E-state index contributed by atoms with van der Waals surface area (Å²) in [5.74, 6) is -5.83. The predicted molar refractivity (Wildman–Crippen MR) is 127 cm³/mol. The average Bonchev–Trinajstić information content (AvgIpc) is 2.83. The lowest BCUT2D eigenvalue weighted by Gasteiger charge is -2.24. The van der Waals surface area contributed by atoms with Crippen molar-refractivity contribution in [3.05, 3.63) is 29.8 Å². The molecule has 4 atom stereocenters. The third kappa shape index (κ3) is 11.4. The minimum atomic E-state index is -1.53. The van der Waals surface area contributed by atoms with E-state index in [2.05, 4.69) is 16.0 Å². The summed E-state index contributed by atoms with van der Waals surface area (Å²) in [6.45, 7) is -0.871. The number of nitrogens with one attached hydrogen (secondary N) is 3. The van der Waals surface area contributed by atoms with Gasteiger partial charge in [0.1, 0.15) is 23.9 Å². The Balaban J connectivity index is 2.87. The fourth-order valence-corrected chi connectivity index (χ4v) is 3.10. The molecule has 0 saturated carbocycles. The highest BCUT2D eigenvalue weighted by Crippen LogP contribution is 2.11. The van der Waals surface area contributed by atoms with Crippen LogP contribution in [0.3, 0.4) is 0 Å². The summed E-state index contributed by atoms with van der Waals surface area (Å²) in [7, 11) is 0. The molecular formula is C22H32N6O9. The number of aliphatic carboxylic acids is 1. The molecule has 4 unspecified atom stereocenters. The molecule has 5 amide bonds. The lowest BCUT2D eigenvalue weighted by atomic mass is 10.1. The average molecular weight is 525 g/mol. The summed E-state index contributed by atoms with van der Waals surface area (Å²) in [6.07, 6.45) is -1.27. The first-order valence-electron chi connectivity index (χ1n) is 11.2. The van der Waals surface area contributed by atoms with Crippen molar-refractivity contribution in [1.82, 2.24) is 16.0 Å². The van der Waals surface area contributed by atoms with E-state index in [1.54, 1.807) is 12.1 Å². The monoisotopic (exact) mass is 524 g/mol. The maximum atomic E-state index is 12.7. The number of phenols is 1. The Morgan fingerprint density at radius 3 is 1.70 bits per heavy atom. The predicted octanol–water partition coefficient (Wildman–Crippen LogP) is -3.68.